The van der Waals surface area contributed by atoms with Crippen molar-refractivity contribution in [3.63, 3.8) is 0 Å². The smallest absolute Gasteiger partial charge is 0.416 e. The van der Waals surface area contributed by atoms with Gasteiger partial charge in [-0.05, 0) is 60.7 Å². The number of hydrogen-bond donors (Lipinski definition) is 2. The van der Waals surface area contributed by atoms with Crippen molar-refractivity contribution in [1.29, 1.82) is 0 Å². The summed E-state index contributed by atoms with van der Waals surface area (Å²) in [4.78, 5) is 12.7. The highest BCUT2D eigenvalue weighted by Gasteiger charge is 2.31. The van der Waals surface area contributed by atoms with E-state index in [-0.39, 0.29) is 16.1 Å². The number of methoxy groups -OCH3 is 1. The Hall–Kier alpha value is -3.04. The molecule has 0 saturated carbocycles. The standard InChI is InChI=1S/C21H16ClF3N2O3S/c1-30-16-9-10-19(18(12-16)20(28)26-15-7-5-14(22)6-8-15)27-31(29)17-4-2-3-13(11-17)21(23,24)25/h2-12,27H,1H3,(H,26,28). The maximum atomic E-state index is 12.9. The number of carbonyl (C=O) groups is 1. The second kappa shape index (κ2) is 9.40. The number of amides is 1. The van der Waals surface area contributed by atoms with Gasteiger partial charge in [-0.15, -0.1) is 0 Å². The summed E-state index contributed by atoms with van der Waals surface area (Å²) in [5, 5.41) is 3.18. The van der Waals surface area contributed by atoms with Crippen LogP contribution in [0.25, 0.3) is 0 Å². The molecule has 1 atom stereocenters. The summed E-state index contributed by atoms with van der Waals surface area (Å²) in [6, 6.07) is 15.0. The number of carbonyl (C=O) groups excluding carboxylic acids is 1. The van der Waals surface area contributed by atoms with Gasteiger partial charge in [-0.1, -0.05) is 17.7 Å². The van der Waals surface area contributed by atoms with Crippen molar-refractivity contribution in [1.82, 2.24) is 0 Å². The van der Waals surface area contributed by atoms with Gasteiger partial charge < -0.3 is 14.8 Å². The van der Waals surface area contributed by atoms with Crippen molar-refractivity contribution in [2.24, 2.45) is 0 Å². The molecule has 0 bridgehead atoms. The lowest BCUT2D eigenvalue weighted by atomic mass is 10.1. The molecule has 0 aliphatic carbocycles. The molecule has 0 heterocycles. The Morgan fingerprint density at radius 1 is 1.03 bits per heavy atom. The number of anilines is 2. The maximum absolute atomic E-state index is 12.9. The van der Waals surface area contributed by atoms with Crippen molar-refractivity contribution < 1.29 is 26.9 Å². The fourth-order valence-corrected chi connectivity index (χ4v) is 3.66. The van der Waals surface area contributed by atoms with Crippen molar-refractivity contribution in [3.05, 3.63) is 82.9 Å². The summed E-state index contributed by atoms with van der Waals surface area (Å²) in [6.07, 6.45) is -4.57. The fourth-order valence-electron chi connectivity index (χ4n) is 2.61. The molecular formula is C21H16ClF3N2O3S. The van der Waals surface area contributed by atoms with Crippen LogP contribution in [-0.2, 0) is 17.2 Å². The quantitative estimate of drug-likeness (QED) is 0.483. The third-order valence-electron chi connectivity index (χ3n) is 4.15. The molecule has 0 spiro atoms. The Labute approximate surface area is 183 Å². The van der Waals surface area contributed by atoms with E-state index in [1.807, 2.05) is 0 Å². The minimum atomic E-state index is -4.57. The fraction of sp³-hybridized carbons (Fsp3) is 0.0952. The summed E-state index contributed by atoms with van der Waals surface area (Å²) < 4.78 is 59.3. The Morgan fingerprint density at radius 2 is 1.74 bits per heavy atom. The van der Waals surface area contributed by atoms with Gasteiger partial charge in [0, 0.05) is 10.7 Å². The average Bonchev–Trinajstić information content (AvgIpc) is 2.75. The van der Waals surface area contributed by atoms with Crippen LogP contribution in [0.5, 0.6) is 5.75 Å². The Balaban J connectivity index is 1.88. The number of halogens is 4. The second-order valence-electron chi connectivity index (χ2n) is 6.27. The van der Waals surface area contributed by atoms with Crippen LogP contribution >= 0.6 is 11.6 Å². The van der Waals surface area contributed by atoms with Crippen molar-refractivity contribution in [2.75, 3.05) is 17.1 Å². The van der Waals surface area contributed by atoms with Gasteiger partial charge in [0.1, 0.15) is 16.7 Å². The van der Waals surface area contributed by atoms with E-state index in [1.165, 1.54) is 37.4 Å². The Morgan fingerprint density at radius 3 is 2.39 bits per heavy atom. The van der Waals surface area contributed by atoms with Gasteiger partial charge in [-0.2, -0.15) is 13.2 Å². The molecule has 3 rings (SSSR count). The number of benzene rings is 3. The third kappa shape index (κ3) is 5.77. The Kier molecular flexibility index (Phi) is 6.87. The molecule has 3 aromatic rings. The van der Waals surface area contributed by atoms with Crippen molar-refractivity contribution in [2.45, 2.75) is 11.1 Å². The normalized spacial score (nSPS) is 12.2. The van der Waals surface area contributed by atoms with E-state index in [0.29, 0.717) is 16.5 Å². The molecule has 3 aromatic carbocycles. The zero-order valence-corrected chi connectivity index (χ0v) is 17.6. The highest BCUT2D eigenvalue weighted by molar-refractivity contribution is 7.86. The zero-order chi connectivity index (χ0) is 22.6. The highest BCUT2D eigenvalue weighted by atomic mass is 35.5. The predicted octanol–water partition coefficient (Wildman–Crippen LogP) is 5.75. The molecule has 0 aliphatic heterocycles. The molecule has 162 valence electrons. The topological polar surface area (TPSA) is 67.4 Å². The summed E-state index contributed by atoms with van der Waals surface area (Å²) in [6.45, 7) is 0. The van der Waals surface area contributed by atoms with E-state index >= 15 is 0 Å². The average molecular weight is 469 g/mol. The lowest BCUT2D eigenvalue weighted by Crippen LogP contribution is -2.16. The molecular weight excluding hydrogens is 453 g/mol. The van der Waals surface area contributed by atoms with E-state index in [9.17, 15) is 22.2 Å². The van der Waals surface area contributed by atoms with E-state index in [4.69, 9.17) is 16.3 Å². The SMILES string of the molecule is COc1ccc(NS(=O)c2cccc(C(F)(F)F)c2)c(C(=O)Nc2ccc(Cl)cc2)c1. The summed E-state index contributed by atoms with van der Waals surface area (Å²) in [5.74, 6) is -0.165. The van der Waals surface area contributed by atoms with E-state index < -0.39 is 28.6 Å². The lowest BCUT2D eigenvalue weighted by molar-refractivity contribution is -0.137. The highest BCUT2D eigenvalue weighted by Crippen LogP contribution is 2.31. The number of ether oxygens (including phenoxy) is 1. The van der Waals surface area contributed by atoms with Crippen LogP contribution in [0, 0.1) is 0 Å². The zero-order valence-electron chi connectivity index (χ0n) is 16.0. The van der Waals surface area contributed by atoms with Crippen molar-refractivity contribution in [3.8, 4) is 5.75 Å². The molecule has 0 radical (unpaired) electrons. The third-order valence-corrected chi connectivity index (χ3v) is 5.49. The van der Waals surface area contributed by atoms with E-state index in [0.717, 1.165) is 12.1 Å². The van der Waals surface area contributed by atoms with Crippen LogP contribution in [0.2, 0.25) is 5.02 Å². The van der Waals surface area contributed by atoms with Crippen molar-refractivity contribution >= 4 is 39.9 Å². The van der Waals surface area contributed by atoms with Gasteiger partial charge in [0.25, 0.3) is 5.91 Å². The van der Waals surface area contributed by atoms with Crippen LogP contribution in [0.15, 0.2) is 71.6 Å². The van der Waals surface area contributed by atoms with Gasteiger partial charge in [-0.3, -0.25) is 4.79 Å². The first-order chi connectivity index (χ1) is 14.7. The molecule has 2 N–H and O–H groups in total. The predicted molar refractivity (Wildman–Crippen MR) is 114 cm³/mol. The number of nitrogens with one attached hydrogen (secondary N) is 2. The van der Waals surface area contributed by atoms with Crippen LogP contribution in [0.3, 0.4) is 0 Å². The first-order valence-electron chi connectivity index (χ1n) is 8.78. The molecule has 0 aliphatic rings. The Bertz CT molecular complexity index is 1120. The van der Waals surface area contributed by atoms with Gasteiger partial charge >= 0.3 is 6.18 Å². The van der Waals surface area contributed by atoms with Gasteiger partial charge in [0.05, 0.1) is 28.8 Å². The summed E-state index contributed by atoms with van der Waals surface area (Å²) in [5.41, 5.74) is -0.199. The molecule has 0 saturated heterocycles. The van der Waals surface area contributed by atoms with E-state index in [2.05, 4.69) is 10.0 Å². The minimum Gasteiger partial charge on any atom is -0.497 e. The molecule has 1 amide bonds. The molecule has 10 heteroatoms. The van der Waals surface area contributed by atoms with Crippen LogP contribution in [0.4, 0.5) is 24.5 Å². The number of alkyl halides is 3. The van der Waals surface area contributed by atoms with Gasteiger partial charge in [0.2, 0.25) is 0 Å². The second-order valence-corrected chi connectivity index (χ2v) is 7.92. The van der Waals surface area contributed by atoms with Gasteiger partial charge in [-0.25, -0.2) is 4.21 Å². The molecule has 31 heavy (non-hydrogen) atoms. The molecule has 1 unspecified atom stereocenters. The first kappa shape index (κ1) is 22.6. The van der Waals surface area contributed by atoms with E-state index in [1.54, 1.807) is 24.3 Å². The monoisotopic (exact) mass is 468 g/mol. The first-order valence-corrected chi connectivity index (χ1v) is 10.3. The number of hydrogen-bond acceptors (Lipinski definition) is 3. The minimum absolute atomic E-state index is 0.0882. The maximum Gasteiger partial charge on any atom is 0.416 e. The largest absolute Gasteiger partial charge is 0.497 e. The lowest BCUT2D eigenvalue weighted by Gasteiger charge is -2.14. The summed E-state index contributed by atoms with van der Waals surface area (Å²) in [7, 11) is -0.632. The molecule has 0 fully saturated rings. The summed E-state index contributed by atoms with van der Waals surface area (Å²) >= 11 is 5.84. The number of rotatable bonds is 6. The van der Waals surface area contributed by atoms with Gasteiger partial charge in [0.15, 0.2) is 0 Å². The van der Waals surface area contributed by atoms with Crippen LogP contribution in [-0.4, -0.2) is 17.2 Å². The van der Waals surface area contributed by atoms with Crippen LogP contribution in [0.1, 0.15) is 15.9 Å². The molecule has 5 nitrogen and oxygen atoms in total. The molecule has 0 aromatic heterocycles. The van der Waals surface area contributed by atoms with Crippen LogP contribution < -0.4 is 14.8 Å².